The Balaban J connectivity index is 0. The van der Waals surface area contributed by atoms with Gasteiger partial charge in [-0.3, -0.25) is 0 Å². The summed E-state index contributed by atoms with van der Waals surface area (Å²) in [5.41, 5.74) is 0. The van der Waals surface area contributed by atoms with Crippen LogP contribution in [-0.2, 0) is 0 Å². The van der Waals surface area contributed by atoms with Crippen LogP contribution in [0.1, 0.15) is 19.8 Å². The molecule has 0 saturated heterocycles. The fourth-order valence-corrected chi connectivity index (χ4v) is 0.664. The van der Waals surface area contributed by atoms with E-state index in [0.29, 0.717) is 0 Å². The molecule has 58 valence electrons. The Bertz CT molecular complexity index is 38.0. The summed E-state index contributed by atoms with van der Waals surface area (Å²) in [7, 11) is 0. The zero-order chi connectivity index (χ0) is 6.24. The topological polar surface area (TPSA) is 12.0 Å². The predicted octanol–water partition coefficient (Wildman–Crippen LogP) is 1.73. The Kier molecular flexibility index (Phi) is 15.6. The highest BCUT2D eigenvalue weighted by Crippen LogP contribution is 1.81. The number of nitrogens with one attached hydrogen (secondary N) is 1. The predicted molar refractivity (Wildman–Crippen MR) is 48.9 cm³/mol. The van der Waals surface area contributed by atoms with E-state index in [0.717, 1.165) is 18.8 Å². The molecule has 0 aromatic rings. The molecule has 0 aliphatic rings. The van der Waals surface area contributed by atoms with Crippen molar-refractivity contribution in [2.45, 2.75) is 19.8 Å². The van der Waals surface area contributed by atoms with E-state index < -0.39 is 0 Å². The van der Waals surface area contributed by atoms with Crippen molar-refractivity contribution >= 4 is 25.0 Å². The molecular formula is C6H16ClNS. The molecule has 9 heavy (non-hydrogen) atoms. The lowest BCUT2D eigenvalue weighted by Crippen LogP contribution is -2.17. The lowest BCUT2D eigenvalue weighted by molar-refractivity contribution is 0.667. The maximum atomic E-state index is 4.06. The Morgan fingerprint density at radius 3 is 2.44 bits per heavy atom. The summed E-state index contributed by atoms with van der Waals surface area (Å²) >= 11 is 4.06. The second-order valence-corrected chi connectivity index (χ2v) is 2.27. The third-order valence-electron chi connectivity index (χ3n) is 0.996. The van der Waals surface area contributed by atoms with Gasteiger partial charge in [-0.15, -0.1) is 12.4 Å². The van der Waals surface area contributed by atoms with Crippen molar-refractivity contribution in [1.29, 1.82) is 0 Å². The second kappa shape index (κ2) is 11.4. The molecule has 0 saturated carbocycles. The summed E-state index contributed by atoms with van der Waals surface area (Å²) in [6.07, 6.45) is 2.56. The van der Waals surface area contributed by atoms with Crippen molar-refractivity contribution in [1.82, 2.24) is 5.32 Å². The van der Waals surface area contributed by atoms with Gasteiger partial charge in [-0.25, -0.2) is 0 Å². The van der Waals surface area contributed by atoms with Gasteiger partial charge in [0.1, 0.15) is 0 Å². The molecule has 0 aliphatic heterocycles. The fraction of sp³-hybridized carbons (Fsp3) is 1.00. The third kappa shape index (κ3) is 11.9. The quantitative estimate of drug-likeness (QED) is 0.472. The van der Waals surface area contributed by atoms with E-state index in [4.69, 9.17) is 0 Å². The molecule has 0 aromatic heterocycles. The van der Waals surface area contributed by atoms with E-state index in [1.807, 2.05) is 0 Å². The molecule has 0 atom stereocenters. The van der Waals surface area contributed by atoms with Crippen LogP contribution in [0.3, 0.4) is 0 Å². The molecular weight excluding hydrogens is 154 g/mol. The van der Waals surface area contributed by atoms with Gasteiger partial charge in [-0.2, -0.15) is 12.6 Å². The smallest absolute Gasteiger partial charge is 0.00397 e. The maximum absolute atomic E-state index is 4.06. The van der Waals surface area contributed by atoms with Crippen LogP contribution in [-0.4, -0.2) is 18.8 Å². The highest BCUT2D eigenvalue weighted by molar-refractivity contribution is 7.80. The monoisotopic (exact) mass is 169 g/mol. The highest BCUT2D eigenvalue weighted by Gasteiger charge is 1.80. The largest absolute Gasteiger partial charge is 0.316 e. The van der Waals surface area contributed by atoms with Crippen LogP contribution in [0.5, 0.6) is 0 Å². The molecule has 1 nitrogen and oxygen atoms in total. The van der Waals surface area contributed by atoms with Crippen molar-refractivity contribution in [2.24, 2.45) is 0 Å². The van der Waals surface area contributed by atoms with Crippen molar-refractivity contribution in [3.05, 3.63) is 0 Å². The number of halogens is 1. The van der Waals surface area contributed by atoms with E-state index in [-0.39, 0.29) is 12.4 Å². The fourth-order valence-electron chi connectivity index (χ4n) is 0.506. The highest BCUT2D eigenvalue weighted by atomic mass is 35.5. The Hall–Kier alpha value is 0.600. The van der Waals surface area contributed by atoms with Gasteiger partial charge in [0.15, 0.2) is 0 Å². The van der Waals surface area contributed by atoms with Gasteiger partial charge in [0, 0.05) is 12.3 Å². The summed E-state index contributed by atoms with van der Waals surface area (Å²) in [6, 6.07) is 0. The zero-order valence-corrected chi connectivity index (χ0v) is 7.60. The van der Waals surface area contributed by atoms with Gasteiger partial charge in [-0.05, 0) is 13.0 Å². The van der Waals surface area contributed by atoms with Crippen molar-refractivity contribution < 1.29 is 0 Å². The molecule has 0 heterocycles. The average molecular weight is 170 g/mol. The second-order valence-electron chi connectivity index (χ2n) is 1.83. The van der Waals surface area contributed by atoms with Crippen LogP contribution in [0, 0.1) is 0 Å². The minimum Gasteiger partial charge on any atom is -0.316 e. The van der Waals surface area contributed by atoms with Crippen molar-refractivity contribution in [3.63, 3.8) is 0 Å². The molecule has 0 aliphatic carbocycles. The maximum Gasteiger partial charge on any atom is 0.00397 e. The van der Waals surface area contributed by atoms with E-state index >= 15 is 0 Å². The number of hydrogen-bond acceptors (Lipinski definition) is 2. The van der Waals surface area contributed by atoms with E-state index in [2.05, 4.69) is 24.9 Å². The first-order chi connectivity index (χ1) is 3.91. The van der Waals surface area contributed by atoms with E-state index in [1.54, 1.807) is 0 Å². The first kappa shape index (κ1) is 12.3. The molecule has 0 fully saturated rings. The summed E-state index contributed by atoms with van der Waals surface area (Å²) in [4.78, 5) is 0. The van der Waals surface area contributed by atoms with Crippen molar-refractivity contribution in [2.75, 3.05) is 18.8 Å². The minimum absolute atomic E-state index is 0. The van der Waals surface area contributed by atoms with Crippen LogP contribution in [0.25, 0.3) is 0 Å². The number of thiol groups is 1. The van der Waals surface area contributed by atoms with E-state index in [9.17, 15) is 0 Å². The Morgan fingerprint density at radius 2 is 2.00 bits per heavy atom. The molecule has 0 radical (unpaired) electrons. The summed E-state index contributed by atoms with van der Waals surface area (Å²) in [5.74, 6) is 0.948. The van der Waals surface area contributed by atoms with Crippen LogP contribution in [0.4, 0.5) is 0 Å². The average Bonchev–Trinajstić information content (AvgIpc) is 1.81. The molecule has 0 amide bonds. The number of hydrogen-bond donors (Lipinski definition) is 2. The first-order valence-electron chi connectivity index (χ1n) is 3.23. The molecule has 0 spiro atoms. The van der Waals surface area contributed by atoms with Crippen LogP contribution >= 0.6 is 25.0 Å². The molecule has 0 rings (SSSR count). The van der Waals surface area contributed by atoms with Crippen LogP contribution in [0.2, 0.25) is 0 Å². The Labute approximate surface area is 69.4 Å². The Morgan fingerprint density at radius 1 is 1.33 bits per heavy atom. The molecule has 0 bridgehead atoms. The van der Waals surface area contributed by atoms with Crippen LogP contribution in [0.15, 0.2) is 0 Å². The number of unbranched alkanes of at least 4 members (excludes halogenated alkanes) is 1. The van der Waals surface area contributed by atoms with E-state index in [1.165, 1.54) is 12.8 Å². The standard InChI is InChI=1S/C6H15NS.ClH/c1-2-3-4-7-5-6-8;/h7-8H,2-6H2,1H3;1H. The van der Waals surface area contributed by atoms with Gasteiger partial charge >= 0.3 is 0 Å². The summed E-state index contributed by atoms with van der Waals surface area (Å²) in [6.45, 7) is 4.39. The molecule has 3 heteroatoms. The van der Waals surface area contributed by atoms with Gasteiger partial charge in [-0.1, -0.05) is 13.3 Å². The van der Waals surface area contributed by atoms with Crippen LogP contribution < -0.4 is 5.32 Å². The van der Waals surface area contributed by atoms with Crippen molar-refractivity contribution in [3.8, 4) is 0 Å². The summed E-state index contributed by atoms with van der Waals surface area (Å²) in [5, 5.41) is 3.26. The van der Waals surface area contributed by atoms with Gasteiger partial charge in [0.25, 0.3) is 0 Å². The van der Waals surface area contributed by atoms with Gasteiger partial charge < -0.3 is 5.32 Å². The third-order valence-corrected chi connectivity index (χ3v) is 1.22. The molecule has 1 N–H and O–H groups in total. The lowest BCUT2D eigenvalue weighted by Gasteiger charge is -1.97. The zero-order valence-electron chi connectivity index (χ0n) is 5.89. The summed E-state index contributed by atoms with van der Waals surface area (Å²) < 4.78 is 0. The minimum atomic E-state index is 0. The first-order valence-corrected chi connectivity index (χ1v) is 3.86. The molecule has 0 unspecified atom stereocenters. The molecule has 0 aromatic carbocycles. The van der Waals surface area contributed by atoms with Gasteiger partial charge in [0.05, 0.1) is 0 Å². The SMILES string of the molecule is CCCCNCCS.Cl. The van der Waals surface area contributed by atoms with Gasteiger partial charge in [0.2, 0.25) is 0 Å². The normalized spacial score (nSPS) is 8.67. The number of rotatable bonds is 5. The lowest BCUT2D eigenvalue weighted by atomic mass is 10.3.